The van der Waals surface area contributed by atoms with Crippen molar-refractivity contribution < 1.29 is 8.91 Å². The molecule has 6 heteroatoms. The fourth-order valence-corrected chi connectivity index (χ4v) is 1.97. The van der Waals surface area contributed by atoms with Crippen LogP contribution in [0.4, 0.5) is 4.39 Å². The molecule has 1 heterocycles. The SMILES string of the molecule is Cc1cc(F)cc(-c2noc(CSCC#N)n2)c1. The maximum atomic E-state index is 13.2. The van der Waals surface area contributed by atoms with Gasteiger partial charge in [0.05, 0.1) is 17.6 Å². The van der Waals surface area contributed by atoms with E-state index in [1.807, 2.05) is 6.07 Å². The number of benzene rings is 1. The zero-order valence-electron chi connectivity index (χ0n) is 9.68. The summed E-state index contributed by atoms with van der Waals surface area (Å²) in [5.74, 6) is 1.33. The average molecular weight is 263 g/mol. The Kier molecular flexibility index (Phi) is 3.95. The molecule has 0 N–H and O–H groups in total. The molecular formula is C12H10FN3OS. The second kappa shape index (κ2) is 5.65. The van der Waals surface area contributed by atoms with E-state index >= 15 is 0 Å². The molecule has 0 aliphatic rings. The minimum Gasteiger partial charge on any atom is -0.338 e. The van der Waals surface area contributed by atoms with Crippen LogP contribution in [0, 0.1) is 24.1 Å². The Morgan fingerprint density at radius 2 is 2.28 bits per heavy atom. The molecule has 0 amide bonds. The number of nitriles is 1. The monoisotopic (exact) mass is 263 g/mol. The third-order valence-electron chi connectivity index (χ3n) is 2.16. The van der Waals surface area contributed by atoms with Crippen molar-refractivity contribution in [2.45, 2.75) is 12.7 Å². The minimum absolute atomic E-state index is 0.324. The number of rotatable bonds is 4. The summed E-state index contributed by atoms with van der Waals surface area (Å²) in [6.45, 7) is 1.80. The summed E-state index contributed by atoms with van der Waals surface area (Å²) in [4.78, 5) is 4.16. The highest BCUT2D eigenvalue weighted by Crippen LogP contribution is 2.20. The van der Waals surface area contributed by atoms with Gasteiger partial charge in [0.25, 0.3) is 0 Å². The second-order valence-electron chi connectivity index (χ2n) is 3.68. The predicted molar refractivity (Wildman–Crippen MR) is 66.2 cm³/mol. The van der Waals surface area contributed by atoms with Gasteiger partial charge in [-0.1, -0.05) is 5.16 Å². The van der Waals surface area contributed by atoms with Gasteiger partial charge in [-0.3, -0.25) is 0 Å². The molecule has 0 bridgehead atoms. The van der Waals surface area contributed by atoms with Crippen molar-refractivity contribution in [3.05, 3.63) is 35.5 Å². The Morgan fingerprint density at radius 1 is 1.44 bits per heavy atom. The molecule has 0 aliphatic carbocycles. The standard InChI is InChI=1S/C12H10FN3OS/c1-8-4-9(6-10(13)5-8)12-15-11(17-16-12)7-18-3-2-14/h4-6H,3,7H2,1H3. The van der Waals surface area contributed by atoms with E-state index in [0.717, 1.165) is 5.56 Å². The topological polar surface area (TPSA) is 62.7 Å². The van der Waals surface area contributed by atoms with Crippen molar-refractivity contribution >= 4 is 11.8 Å². The number of thioether (sulfide) groups is 1. The highest BCUT2D eigenvalue weighted by molar-refractivity contribution is 7.98. The Labute approximate surface area is 108 Å². The van der Waals surface area contributed by atoms with Gasteiger partial charge in [-0.2, -0.15) is 10.2 Å². The largest absolute Gasteiger partial charge is 0.338 e. The third kappa shape index (κ3) is 3.08. The molecule has 2 aromatic rings. The van der Waals surface area contributed by atoms with Gasteiger partial charge in [-0.25, -0.2) is 4.39 Å². The van der Waals surface area contributed by atoms with Crippen LogP contribution < -0.4 is 0 Å². The van der Waals surface area contributed by atoms with Crippen LogP contribution in [0.2, 0.25) is 0 Å². The average Bonchev–Trinajstić information content (AvgIpc) is 2.77. The smallest absolute Gasteiger partial charge is 0.236 e. The maximum Gasteiger partial charge on any atom is 0.236 e. The van der Waals surface area contributed by atoms with Gasteiger partial charge in [0, 0.05) is 5.56 Å². The molecule has 92 valence electrons. The van der Waals surface area contributed by atoms with E-state index in [2.05, 4.69) is 10.1 Å². The molecule has 1 aromatic carbocycles. The van der Waals surface area contributed by atoms with Crippen molar-refractivity contribution in [2.75, 3.05) is 5.75 Å². The fourth-order valence-electron chi connectivity index (χ4n) is 1.48. The van der Waals surface area contributed by atoms with E-state index in [0.29, 0.717) is 28.8 Å². The molecule has 0 aliphatic heterocycles. The van der Waals surface area contributed by atoms with Crippen LogP contribution in [-0.4, -0.2) is 15.9 Å². The molecule has 0 atom stereocenters. The van der Waals surface area contributed by atoms with Gasteiger partial charge in [-0.15, -0.1) is 11.8 Å². The zero-order chi connectivity index (χ0) is 13.0. The molecule has 1 aromatic heterocycles. The summed E-state index contributed by atoms with van der Waals surface area (Å²) >= 11 is 1.39. The van der Waals surface area contributed by atoms with Crippen LogP contribution >= 0.6 is 11.8 Å². The number of hydrogen-bond acceptors (Lipinski definition) is 5. The van der Waals surface area contributed by atoms with Crippen molar-refractivity contribution in [2.24, 2.45) is 0 Å². The number of aryl methyl sites for hydroxylation is 1. The van der Waals surface area contributed by atoms with Gasteiger partial charge in [0.1, 0.15) is 5.82 Å². The Balaban J connectivity index is 2.16. The molecule has 0 saturated carbocycles. The van der Waals surface area contributed by atoms with Crippen LogP contribution in [0.25, 0.3) is 11.4 Å². The first-order valence-electron chi connectivity index (χ1n) is 5.24. The van der Waals surface area contributed by atoms with Gasteiger partial charge in [0.15, 0.2) is 0 Å². The first kappa shape index (κ1) is 12.6. The van der Waals surface area contributed by atoms with Crippen LogP contribution in [-0.2, 0) is 5.75 Å². The highest BCUT2D eigenvalue weighted by Gasteiger charge is 2.10. The molecule has 4 nitrogen and oxygen atoms in total. The summed E-state index contributed by atoms with van der Waals surface area (Å²) in [5.41, 5.74) is 1.39. The second-order valence-corrected chi connectivity index (χ2v) is 4.67. The third-order valence-corrected chi connectivity index (χ3v) is 2.94. The van der Waals surface area contributed by atoms with Gasteiger partial charge >= 0.3 is 0 Å². The summed E-state index contributed by atoms with van der Waals surface area (Å²) in [5, 5.41) is 12.2. The van der Waals surface area contributed by atoms with E-state index in [4.69, 9.17) is 9.78 Å². The first-order chi connectivity index (χ1) is 8.69. The molecular weight excluding hydrogens is 253 g/mol. The minimum atomic E-state index is -0.324. The molecule has 0 fully saturated rings. The molecule has 0 radical (unpaired) electrons. The number of halogens is 1. The molecule has 2 rings (SSSR count). The van der Waals surface area contributed by atoms with E-state index in [9.17, 15) is 4.39 Å². The van der Waals surface area contributed by atoms with Crippen molar-refractivity contribution in [1.29, 1.82) is 5.26 Å². The molecule has 0 spiro atoms. The van der Waals surface area contributed by atoms with Crippen LogP contribution in [0.3, 0.4) is 0 Å². The lowest BCUT2D eigenvalue weighted by molar-refractivity contribution is 0.391. The zero-order valence-corrected chi connectivity index (χ0v) is 10.5. The van der Waals surface area contributed by atoms with E-state index in [1.165, 1.54) is 23.9 Å². The van der Waals surface area contributed by atoms with Gasteiger partial charge in [-0.05, 0) is 30.7 Å². The lowest BCUT2D eigenvalue weighted by atomic mass is 10.1. The van der Waals surface area contributed by atoms with Crippen LogP contribution in [0.1, 0.15) is 11.5 Å². The highest BCUT2D eigenvalue weighted by atomic mass is 32.2. The Morgan fingerprint density at radius 3 is 3.00 bits per heavy atom. The van der Waals surface area contributed by atoms with Crippen molar-refractivity contribution in [3.63, 3.8) is 0 Å². The normalized spacial score (nSPS) is 10.3. The fraction of sp³-hybridized carbons (Fsp3) is 0.250. The van der Waals surface area contributed by atoms with E-state index in [1.54, 1.807) is 13.0 Å². The number of nitrogens with zero attached hydrogens (tertiary/aromatic N) is 3. The van der Waals surface area contributed by atoms with Crippen LogP contribution in [0.15, 0.2) is 22.7 Å². The van der Waals surface area contributed by atoms with E-state index in [-0.39, 0.29) is 5.82 Å². The summed E-state index contributed by atoms with van der Waals surface area (Å²) < 4.78 is 18.3. The lowest BCUT2D eigenvalue weighted by Gasteiger charge is -1.97. The van der Waals surface area contributed by atoms with Gasteiger partial charge < -0.3 is 4.52 Å². The maximum absolute atomic E-state index is 13.2. The lowest BCUT2D eigenvalue weighted by Crippen LogP contribution is -1.86. The predicted octanol–water partition coefficient (Wildman–Crippen LogP) is 2.94. The number of hydrogen-bond donors (Lipinski definition) is 0. The molecule has 0 unspecified atom stereocenters. The van der Waals surface area contributed by atoms with E-state index < -0.39 is 0 Å². The molecule has 18 heavy (non-hydrogen) atoms. The quantitative estimate of drug-likeness (QED) is 0.793. The Bertz CT molecular complexity index is 571. The summed E-state index contributed by atoms with van der Waals surface area (Å²) in [7, 11) is 0. The summed E-state index contributed by atoms with van der Waals surface area (Å²) in [6, 6.07) is 6.61. The van der Waals surface area contributed by atoms with Crippen molar-refractivity contribution in [1.82, 2.24) is 10.1 Å². The van der Waals surface area contributed by atoms with Crippen LogP contribution in [0.5, 0.6) is 0 Å². The summed E-state index contributed by atoms with van der Waals surface area (Å²) in [6.07, 6.45) is 0. The molecule has 0 saturated heterocycles. The number of aromatic nitrogens is 2. The Hall–Kier alpha value is -1.87. The first-order valence-corrected chi connectivity index (χ1v) is 6.39. The van der Waals surface area contributed by atoms with Gasteiger partial charge in [0.2, 0.25) is 11.7 Å². The van der Waals surface area contributed by atoms with Crippen molar-refractivity contribution in [3.8, 4) is 17.5 Å².